The third-order valence-electron chi connectivity index (χ3n) is 4.67. The van der Waals surface area contributed by atoms with Crippen molar-refractivity contribution in [2.45, 2.75) is 64.7 Å². The molecule has 0 bridgehead atoms. The zero-order chi connectivity index (χ0) is 21.4. The molecule has 0 radical (unpaired) electrons. The molecule has 1 aliphatic heterocycles. The zero-order valence-electron chi connectivity index (χ0n) is 16.8. The third kappa shape index (κ3) is 6.75. The lowest BCUT2D eigenvalue weighted by Gasteiger charge is -2.28. The number of nitrogens with one attached hydrogen (secondary N) is 4. The number of hydrogen-bond donors (Lipinski definition) is 6. The fourth-order valence-corrected chi connectivity index (χ4v) is 2.92. The summed E-state index contributed by atoms with van der Waals surface area (Å²) in [4.78, 5) is 48.5. The molecule has 10 heteroatoms. The van der Waals surface area contributed by atoms with E-state index in [4.69, 9.17) is 10.2 Å². The first-order chi connectivity index (χ1) is 13.1. The number of hydrogen-bond acceptors (Lipinski definition) is 6. The summed E-state index contributed by atoms with van der Waals surface area (Å²) in [6.07, 6.45) is 1.59. The number of aliphatic carboxylic acids is 1. The van der Waals surface area contributed by atoms with Crippen LogP contribution in [0.15, 0.2) is 0 Å². The van der Waals surface area contributed by atoms with Gasteiger partial charge in [0.15, 0.2) is 0 Å². The molecule has 0 saturated carbocycles. The molecule has 0 spiro atoms. The molecule has 160 valence electrons. The van der Waals surface area contributed by atoms with Crippen molar-refractivity contribution in [3.8, 4) is 0 Å². The van der Waals surface area contributed by atoms with Crippen LogP contribution in [-0.4, -0.2) is 71.2 Å². The molecule has 3 amide bonds. The van der Waals surface area contributed by atoms with Crippen molar-refractivity contribution in [3.05, 3.63) is 0 Å². The number of carbonyl (C=O) groups excluding carboxylic acids is 3. The molecule has 1 rings (SSSR count). The zero-order valence-corrected chi connectivity index (χ0v) is 16.8. The molecular weight excluding hydrogens is 368 g/mol. The van der Waals surface area contributed by atoms with Crippen LogP contribution < -0.4 is 21.3 Å². The quantitative estimate of drug-likeness (QED) is 0.263. The highest BCUT2D eigenvalue weighted by atomic mass is 16.4. The van der Waals surface area contributed by atoms with Crippen molar-refractivity contribution >= 4 is 23.7 Å². The predicted molar refractivity (Wildman–Crippen MR) is 101 cm³/mol. The van der Waals surface area contributed by atoms with Crippen LogP contribution >= 0.6 is 0 Å². The maximum atomic E-state index is 12.8. The number of amides is 3. The summed E-state index contributed by atoms with van der Waals surface area (Å²) in [5.41, 5.74) is 0. The van der Waals surface area contributed by atoms with E-state index in [1.807, 2.05) is 0 Å². The molecule has 0 aliphatic carbocycles. The minimum absolute atomic E-state index is 0.217. The normalized spacial score (nSPS) is 19.8. The van der Waals surface area contributed by atoms with Crippen LogP contribution in [0.2, 0.25) is 0 Å². The predicted octanol–water partition coefficient (Wildman–Crippen LogP) is -1.42. The van der Waals surface area contributed by atoms with Crippen LogP contribution in [-0.2, 0) is 19.2 Å². The molecule has 0 aromatic rings. The number of rotatable bonds is 10. The fraction of sp³-hybridized carbons (Fsp3) is 0.778. The highest BCUT2D eigenvalue weighted by Crippen LogP contribution is 2.10. The highest BCUT2D eigenvalue weighted by Gasteiger charge is 2.33. The first-order valence-corrected chi connectivity index (χ1v) is 9.56. The van der Waals surface area contributed by atoms with Crippen LogP contribution in [0, 0.1) is 11.8 Å². The molecule has 1 saturated heterocycles. The van der Waals surface area contributed by atoms with Crippen LogP contribution in [0.5, 0.6) is 0 Å². The smallest absolute Gasteiger partial charge is 0.328 e. The van der Waals surface area contributed by atoms with Crippen molar-refractivity contribution < 1.29 is 29.4 Å². The average molecular weight is 400 g/mol. The Labute approximate surface area is 164 Å². The van der Waals surface area contributed by atoms with E-state index in [1.165, 1.54) is 0 Å². The molecule has 4 atom stereocenters. The number of carboxylic acid groups (broad SMARTS) is 1. The lowest BCUT2D eigenvalue weighted by molar-refractivity contribution is -0.143. The molecule has 1 fully saturated rings. The second kappa shape index (κ2) is 11.0. The standard InChI is InChI=1S/C18H32N4O6/c1-9(2)13(16(25)20-12(8-23)18(27)28)22-17(26)14(10(3)4)21-15(24)11-6-5-7-19-11/h9-14,19,23H,5-8H2,1-4H3,(H,20,25)(H,21,24)(H,22,26)(H,27,28). The average Bonchev–Trinajstić information content (AvgIpc) is 3.15. The van der Waals surface area contributed by atoms with Crippen LogP contribution in [0.4, 0.5) is 0 Å². The topological polar surface area (TPSA) is 157 Å². The minimum atomic E-state index is -1.46. The summed E-state index contributed by atoms with van der Waals surface area (Å²) in [5, 5.41) is 28.7. The van der Waals surface area contributed by atoms with Crippen molar-refractivity contribution in [1.82, 2.24) is 21.3 Å². The second-order valence-corrected chi connectivity index (χ2v) is 7.69. The first kappa shape index (κ1) is 23.8. The van der Waals surface area contributed by atoms with Gasteiger partial charge in [0, 0.05) is 0 Å². The monoisotopic (exact) mass is 400 g/mol. The fourth-order valence-electron chi connectivity index (χ4n) is 2.92. The third-order valence-corrected chi connectivity index (χ3v) is 4.67. The molecule has 0 aromatic carbocycles. The summed E-state index contributed by atoms with van der Waals surface area (Å²) in [7, 11) is 0. The highest BCUT2D eigenvalue weighted by molar-refractivity contribution is 5.94. The van der Waals surface area contributed by atoms with Crippen LogP contribution in [0.25, 0.3) is 0 Å². The van der Waals surface area contributed by atoms with Gasteiger partial charge in [0.25, 0.3) is 0 Å². The Hall–Kier alpha value is -2.20. The van der Waals surface area contributed by atoms with Crippen molar-refractivity contribution in [3.63, 3.8) is 0 Å². The van der Waals surface area contributed by atoms with E-state index >= 15 is 0 Å². The maximum absolute atomic E-state index is 12.8. The number of carbonyl (C=O) groups is 4. The number of aliphatic hydroxyl groups is 1. The van der Waals surface area contributed by atoms with Gasteiger partial charge in [-0.15, -0.1) is 0 Å². The Kier molecular flexibility index (Phi) is 9.33. The summed E-state index contributed by atoms with van der Waals surface area (Å²) in [6, 6.07) is -3.64. The van der Waals surface area contributed by atoms with Crippen molar-refractivity contribution in [2.24, 2.45) is 11.8 Å². The molecular formula is C18H32N4O6. The Morgan fingerprint density at radius 1 is 0.964 bits per heavy atom. The molecule has 0 aromatic heterocycles. The first-order valence-electron chi connectivity index (χ1n) is 9.56. The van der Waals surface area contributed by atoms with E-state index in [0.717, 1.165) is 13.0 Å². The van der Waals surface area contributed by atoms with E-state index in [-0.39, 0.29) is 23.8 Å². The van der Waals surface area contributed by atoms with Crippen molar-refractivity contribution in [1.29, 1.82) is 0 Å². The Morgan fingerprint density at radius 2 is 1.50 bits per heavy atom. The summed E-state index contributed by atoms with van der Waals surface area (Å²) >= 11 is 0. The van der Waals surface area contributed by atoms with Gasteiger partial charge in [-0.25, -0.2) is 4.79 Å². The molecule has 4 unspecified atom stereocenters. The Bertz CT molecular complexity index is 574. The van der Waals surface area contributed by atoms with Gasteiger partial charge in [0.2, 0.25) is 17.7 Å². The lowest BCUT2D eigenvalue weighted by Crippen LogP contribution is -2.59. The summed E-state index contributed by atoms with van der Waals surface area (Å²) in [5.74, 6) is -3.42. The van der Waals surface area contributed by atoms with Gasteiger partial charge in [-0.1, -0.05) is 27.7 Å². The van der Waals surface area contributed by atoms with E-state index in [0.29, 0.717) is 6.42 Å². The number of aliphatic hydroxyl groups excluding tert-OH is 1. The van der Waals surface area contributed by atoms with Gasteiger partial charge in [-0.05, 0) is 31.2 Å². The van der Waals surface area contributed by atoms with Gasteiger partial charge in [-0.2, -0.15) is 0 Å². The summed E-state index contributed by atoms with van der Waals surface area (Å²) < 4.78 is 0. The number of carboxylic acids is 1. The molecule has 6 N–H and O–H groups in total. The summed E-state index contributed by atoms with van der Waals surface area (Å²) in [6.45, 7) is 6.95. The van der Waals surface area contributed by atoms with E-state index in [2.05, 4.69) is 21.3 Å². The SMILES string of the molecule is CC(C)C(NC(=O)C1CCCN1)C(=O)NC(C(=O)NC(CO)C(=O)O)C(C)C. The van der Waals surface area contributed by atoms with Crippen LogP contribution in [0.3, 0.4) is 0 Å². The van der Waals surface area contributed by atoms with Gasteiger partial charge < -0.3 is 31.5 Å². The largest absolute Gasteiger partial charge is 0.480 e. The van der Waals surface area contributed by atoms with Gasteiger partial charge in [0.1, 0.15) is 18.1 Å². The maximum Gasteiger partial charge on any atom is 0.328 e. The lowest BCUT2D eigenvalue weighted by atomic mass is 9.99. The molecule has 10 nitrogen and oxygen atoms in total. The Balaban J connectivity index is 2.81. The van der Waals surface area contributed by atoms with E-state index < -0.39 is 42.5 Å². The minimum Gasteiger partial charge on any atom is -0.480 e. The van der Waals surface area contributed by atoms with Crippen molar-refractivity contribution in [2.75, 3.05) is 13.2 Å². The van der Waals surface area contributed by atoms with Gasteiger partial charge >= 0.3 is 5.97 Å². The molecule has 1 aliphatic rings. The molecule has 28 heavy (non-hydrogen) atoms. The van der Waals surface area contributed by atoms with E-state index in [9.17, 15) is 19.2 Å². The van der Waals surface area contributed by atoms with Crippen LogP contribution in [0.1, 0.15) is 40.5 Å². The van der Waals surface area contributed by atoms with Gasteiger partial charge in [0.05, 0.1) is 12.6 Å². The second-order valence-electron chi connectivity index (χ2n) is 7.69. The van der Waals surface area contributed by atoms with Gasteiger partial charge in [-0.3, -0.25) is 14.4 Å². The van der Waals surface area contributed by atoms with E-state index in [1.54, 1.807) is 27.7 Å². The Morgan fingerprint density at radius 3 is 1.93 bits per heavy atom. The molecule has 1 heterocycles.